The van der Waals surface area contributed by atoms with E-state index in [1.54, 1.807) is 24.3 Å². The third kappa shape index (κ3) is 2.75. The van der Waals surface area contributed by atoms with Gasteiger partial charge >= 0.3 is 0 Å². The lowest BCUT2D eigenvalue weighted by Gasteiger charge is -2.09. The first-order valence-corrected chi connectivity index (χ1v) is 5.44. The summed E-state index contributed by atoms with van der Waals surface area (Å²) in [4.78, 5) is 0. The van der Waals surface area contributed by atoms with Crippen molar-refractivity contribution in [3.05, 3.63) is 59.4 Å². The number of aryl methyl sites for hydroxylation is 1. The van der Waals surface area contributed by atoms with Gasteiger partial charge in [0.1, 0.15) is 11.6 Å². The monoisotopic (exact) mass is 231 g/mol. The van der Waals surface area contributed by atoms with Gasteiger partial charge in [-0.3, -0.25) is 0 Å². The van der Waals surface area contributed by atoms with Crippen molar-refractivity contribution >= 4 is 5.69 Å². The number of para-hydroxylation sites is 1. The number of phenolic OH excluding ortho intramolecular Hbond substituents is 1. The molecule has 0 aliphatic heterocycles. The van der Waals surface area contributed by atoms with Crippen molar-refractivity contribution < 1.29 is 9.50 Å². The molecule has 0 aliphatic rings. The van der Waals surface area contributed by atoms with Gasteiger partial charge in [-0.1, -0.05) is 24.3 Å². The fraction of sp³-hybridized carbons (Fsp3) is 0.143. The maximum absolute atomic E-state index is 13.5. The maximum Gasteiger partial charge on any atom is 0.146 e. The molecule has 0 unspecified atom stereocenters. The Hall–Kier alpha value is -2.03. The van der Waals surface area contributed by atoms with Crippen LogP contribution in [0.2, 0.25) is 0 Å². The number of anilines is 1. The summed E-state index contributed by atoms with van der Waals surface area (Å²) in [6.07, 6.45) is 0. The largest absolute Gasteiger partial charge is 0.508 e. The predicted molar refractivity (Wildman–Crippen MR) is 66.6 cm³/mol. The van der Waals surface area contributed by atoms with Gasteiger partial charge in [0.2, 0.25) is 0 Å². The average Bonchev–Trinajstić information content (AvgIpc) is 2.30. The van der Waals surface area contributed by atoms with Crippen LogP contribution in [-0.2, 0) is 6.54 Å². The molecule has 0 saturated carbocycles. The first kappa shape index (κ1) is 11.5. The molecule has 0 saturated heterocycles. The quantitative estimate of drug-likeness (QED) is 0.848. The molecule has 3 heteroatoms. The molecule has 2 aromatic rings. The lowest BCUT2D eigenvalue weighted by molar-refractivity contribution is 0.469. The van der Waals surface area contributed by atoms with E-state index in [-0.39, 0.29) is 11.6 Å². The van der Waals surface area contributed by atoms with Gasteiger partial charge in [-0.05, 0) is 30.7 Å². The van der Waals surface area contributed by atoms with Gasteiger partial charge in [0.25, 0.3) is 0 Å². The summed E-state index contributed by atoms with van der Waals surface area (Å²) < 4.78 is 13.5. The summed E-state index contributed by atoms with van der Waals surface area (Å²) in [5.74, 6) is -0.0621. The minimum atomic E-state index is -0.277. The second-order valence-corrected chi connectivity index (χ2v) is 3.97. The Morgan fingerprint density at radius 2 is 1.94 bits per heavy atom. The zero-order valence-electron chi connectivity index (χ0n) is 9.57. The number of aromatic hydroxyl groups is 1. The number of hydrogen-bond donors (Lipinski definition) is 2. The van der Waals surface area contributed by atoms with Crippen LogP contribution in [0.3, 0.4) is 0 Å². The Morgan fingerprint density at radius 3 is 2.65 bits per heavy atom. The predicted octanol–water partition coefficient (Wildman–Crippen LogP) is 3.45. The number of benzene rings is 2. The van der Waals surface area contributed by atoms with Crippen LogP contribution in [0.25, 0.3) is 0 Å². The molecule has 88 valence electrons. The molecule has 17 heavy (non-hydrogen) atoms. The molecule has 2 aromatic carbocycles. The van der Waals surface area contributed by atoms with E-state index in [1.807, 2.05) is 19.1 Å². The van der Waals surface area contributed by atoms with E-state index in [0.29, 0.717) is 12.2 Å². The number of phenols is 1. The van der Waals surface area contributed by atoms with Crippen LogP contribution < -0.4 is 5.32 Å². The highest BCUT2D eigenvalue weighted by Crippen LogP contribution is 2.19. The standard InChI is InChI=1S/C14H14FNO/c1-10-6-7-13(12(15)8-10)16-9-11-4-2-3-5-14(11)17/h2-8,16-17H,9H2,1H3. The molecule has 0 heterocycles. The molecule has 2 nitrogen and oxygen atoms in total. The number of halogens is 1. The Labute approximate surface area is 99.7 Å². The number of nitrogens with one attached hydrogen (secondary N) is 1. The second kappa shape index (κ2) is 4.87. The van der Waals surface area contributed by atoms with E-state index < -0.39 is 0 Å². The SMILES string of the molecule is Cc1ccc(NCc2ccccc2O)c(F)c1. The summed E-state index contributed by atoms with van der Waals surface area (Å²) in [7, 11) is 0. The lowest BCUT2D eigenvalue weighted by Crippen LogP contribution is -2.01. The van der Waals surface area contributed by atoms with Gasteiger partial charge in [0, 0.05) is 12.1 Å². The van der Waals surface area contributed by atoms with Crippen LogP contribution in [0, 0.1) is 12.7 Å². The molecule has 0 spiro atoms. The highest BCUT2D eigenvalue weighted by Gasteiger charge is 2.03. The second-order valence-electron chi connectivity index (χ2n) is 3.97. The molecule has 0 bridgehead atoms. The molecule has 0 atom stereocenters. The Balaban J connectivity index is 2.10. The molecule has 0 fully saturated rings. The third-order valence-electron chi connectivity index (χ3n) is 2.59. The average molecular weight is 231 g/mol. The van der Waals surface area contributed by atoms with Crippen LogP contribution in [0.5, 0.6) is 5.75 Å². The molecule has 2 rings (SSSR count). The third-order valence-corrected chi connectivity index (χ3v) is 2.59. The van der Waals surface area contributed by atoms with Gasteiger partial charge in [-0.2, -0.15) is 0 Å². The fourth-order valence-corrected chi connectivity index (χ4v) is 1.61. The van der Waals surface area contributed by atoms with Crippen molar-refractivity contribution in [1.82, 2.24) is 0 Å². The highest BCUT2D eigenvalue weighted by atomic mass is 19.1. The normalized spacial score (nSPS) is 10.2. The van der Waals surface area contributed by atoms with Crippen LogP contribution in [0.1, 0.15) is 11.1 Å². The summed E-state index contributed by atoms with van der Waals surface area (Å²) in [6.45, 7) is 2.24. The van der Waals surface area contributed by atoms with Crippen LogP contribution in [0.15, 0.2) is 42.5 Å². The summed E-state index contributed by atoms with van der Waals surface area (Å²) in [6, 6.07) is 12.0. The summed E-state index contributed by atoms with van der Waals surface area (Å²) in [5, 5.41) is 12.5. The zero-order valence-corrected chi connectivity index (χ0v) is 9.57. The van der Waals surface area contributed by atoms with E-state index in [1.165, 1.54) is 6.07 Å². The first-order chi connectivity index (χ1) is 8.16. The van der Waals surface area contributed by atoms with Crippen LogP contribution in [0.4, 0.5) is 10.1 Å². The van der Waals surface area contributed by atoms with Crippen LogP contribution >= 0.6 is 0 Å². The van der Waals surface area contributed by atoms with Gasteiger partial charge in [0.05, 0.1) is 5.69 Å². The maximum atomic E-state index is 13.5. The first-order valence-electron chi connectivity index (χ1n) is 5.44. The minimum Gasteiger partial charge on any atom is -0.508 e. The van der Waals surface area contributed by atoms with E-state index in [2.05, 4.69) is 5.32 Å². The highest BCUT2D eigenvalue weighted by molar-refractivity contribution is 5.47. The topological polar surface area (TPSA) is 32.3 Å². The van der Waals surface area contributed by atoms with E-state index in [4.69, 9.17) is 0 Å². The van der Waals surface area contributed by atoms with E-state index in [9.17, 15) is 9.50 Å². The molecular formula is C14H14FNO. The Kier molecular flexibility index (Phi) is 3.28. The number of hydrogen-bond acceptors (Lipinski definition) is 2. The molecule has 0 amide bonds. The lowest BCUT2D eigenvalue weighted by atomic mass is 10.2. The van der Waals surface area contributed by atoms with Gasteiger partial charge in [-0.25, -0.2) is 4.39 Å². The van der Waals surface area contributed by atoms with Crippen molar-refractivity contribution in [3.63, 3.8) is 0 Å². The Bertz CT molecular complexity index is 525. The van der Waals surface area contributed by atoms with Crippen molar-refractivity contribution in [2.24, 2.45) is 0 Å². The summed E-state index contributed by atoms with van der Waals surface area (Å²) in [5.41, 5.74) is 2.07. The van der Waals surface area contributed by atoms with Crippen molar-refractivity contribution in [2.75, 3.05) is 5.32 Å². The summed E-state index contributed by atoms with van der Waals surface area (Å²) >= 11 is 0. The van der Waals surface area contributed by atoms with Crippen LogP contribution in [-0.4, -0.2) is 5.11 Å². The van der Waals surface area contributed by atoms with E-state index >= 15 is 0 Å². The van der Waals surface area contributed by atoms with E-state index in [0.717, 1.165) is 11.1 Å². The van der Waals surface area contributed by atoms with Crippen molar-refractivity contribution in [3.8, 4) is 5.75 Å². The van der Waals surface area contributed by atoms with Gasteiger partial charge < -0.3 is 10.4 Å². The molecule has 0 radical (unpaired) electrons. The number of rotatable bonds is 3. The fourth-order valence-electron chi connectivity index (χ4n) is 1.61. The van der Waals surface area contributed by atoms with Gasteiger partial charge in [0.15, 0.2) is 0 Å². The van der Waals surface area contributed by atoms with Crippen molar-refractivity contribution in [2.45, 2.75) is 13.5 Å². The molecule has 0 aromatic heterocycles. The minimum absolute atomic E-state index is 0.215. The molecule has 0 aliphatic carbocycles. The van der Waals surface area contributed by atoms with Gasteiger partial charge in [-0.15, -0.1) is 0 Å². The molecular weight excluding hydrogens is 217 g/mol. The Morgan fingerprint density at radius 1 is 1.18 bits per heavy atom. The van der Waals surface area contributed by atoms with Crippen molar-refractivity contribution in [1.29, 1.82) is 0 Å². The zero-order chi connectivity index (χ0) is 12.3. The smallest absolute Gasteiger partial charge is 0.146 e. The molecule has 2 N–H and O–H groups in total.